The number of ether oxygens (including phenoxy) is 1. The van der Waals surface area contributed by atoms with E-state index in [-0.39, 0.29) is 34.6 Å². The predicted octanol–water partition coefficient (Wildman–Crippen LogP) is 4.44. The smallest absolute Gasteiger partial charge is 0.220 e. The maximum Gasteiger partial charge on any atom is 0.220 e. The van der Waals surface area contributed by atoms with Crippen molar-refractivity contribution in [2.24, 2.45) is 28.6 Å². The van der Waals surface area contributed by atoms with Crippen LogP contribution in [0.1, 0.15) is 65.0 Å². The van der Waals surface area contributed by atoms with Crippen LogP contribution in [0.3, 0.4) is 0 Å². The van der Waals surface area contributed by atoms with Gasteiger partial charge in [0.2, 0.25) is 5.91 Å². The second kappa shape index (κ2) is 6.51. The SMILES string of the molecule is CC(C)CC(=O)N[C@H]1C(C)(C)[C@@H]2C[C@@H]3[C@@H](c4ccc(O)cc4)OCC[C@@]31C2. The molecule has 2 saturated carbocycles. The Morgan fingerprint density at radius 2 is 2.00 bits per heavy atom. The van der Waals surface area contributed by atoms with Gasteiger partial charge in [-0.2, -0.15) is 0 Å². The van der Waals surface area contributed by atoms with E-state index in [1.165, 1.54) is 6.42 Å². The molecule has 1 aliphatic heterocycles. The van der Waals surface area contributed by atoms with Crippen molar-refractivity contribution in [2.45, 2.75) is 65.5 Å². The zero-order valence-electron chi connectivity index (χ0n) is 17.0. The molecule has 0 radical (unpaired) electrons. The molecular formula is C23H33NO3. The lowest BCUT2D eigenvalue weighted by Crippen LogP contribution is -2.59. The fourth-order valence-corrected chi connectivity index (χ4v) is 6.37. The summed E-state index contributed by atoms with van der Waals surface area (Å²) in [5, 5.41) is 13.1. The van der Waals surface area contributed by atoms with E-state index in [4.69, 9.17) is 4.74 Å². The van der Waals surface area contributed by atoms with Crippen LogP contribution in [-0.2, 0) is 9.53 Å². The first-order valence-corrected chi connectivity index (χ1v) is 10.4. The third-order valence-corrected chi connectivity index (χ3v) is 7.63. The van der Waals surface area contributed by atoms with Crippen LogP contribution in [0.4, 0.5) is 0 Å². The lowest BCUT2D eigenvalue weighted by Gasteiger charge is -2.53. The molecule has 1 spiro atoms. The number of phenols is 1. The van der Waals surface area contributed by atoms with E-state index >= 15 is 0 Å². The molecule has 148 valence electrons. The van der Waals surface area contributed by atoms with Crippen molar-refractivity contribution in [1.29, 1.82) is 0 Å². The summed E-state index contributed by atoms with van der Waals surface area (Å²) in [6.07, 6.45) is 4.03. The number of carbonyl (C=O) groups excluding carboxylic acids is 1. The Morgan fingerprint density at radius 3 is 2.67 bits per heavy atom. The normalized spacial score (nSPS) is 36.6. The molecule has 1 aromatic carbocycles. The first-order chi connectivity index (χ1) is 12.7. The number of amides is 1. The number of hydrogen-bond donors (Lipinski definition) is 2. The lowest BCUT2D eigenvalue weighted by atomic mass is 9.59. The Labute approximate surface area is 162 Å². The van der Waals surface area contributed by atoms with Crippen molar-refractivity contribution in [2.75, 3.05) is 6.61 Å². The van der Waals surface area contributed by atoms with E-state index in [1.54, 1.807) is 12.1 Å². The molecule has 1 saturated heterocycles. The maximum absolute atomic E-state index is 12.7. The number of carbonyl (C=O) groups is 1. The monoisotopic (exact) mass is 371 g/mol. The van der Waals surface area contributed by atoms with Crippen molar-refractivity contribution >= 4 is 5.91 Å². The summed E-state index contributed by atoms with van der Waals surface area (Å²) in [7, 11) is 0. The van der Waals surface area contributed by atoms with E-state index in [0.29, 0.717) is 24.2 Å². The minimum atomic E-state index is 0.0601. The lowest BCUT2D eigenvalue weighted by molar-refractivity contribution is -0.137. The molecule has 1 aromatic rings. The first-order valence-electron chi connectivity index (χ1n) is 10.4. The van der Waals surface area contributed by atoms with Crippen LogP contribution in [0, 0.1) is 28.6 Å². The summed E-state index contributed by atoms with van der Waals surface area (Å²) in [5.41, 5.74) is 1.40. The average Bonchev–Trinajstić information content (AvgIpc) is 3.08. The van der Waals surface area contributed by atoms with Gasteiger partial charge in [-0.25, -0.2) is 0 Å². The Morgan fingerprint density at radius 1 is 1.30 bits per heavy atom. The number of phenolic OH excluding ortho intramolecular Hbond substituents is 1. The minimum absolute atomic E-state index is 0.0601. The molecule has 0 aromatic heterocycles. The topological polar surface area (TPSA) is 58.6 Å². The van der Waals surface area contributed by atoms with E-state index in [9.17, 15) is 9.90 Å². The Bertz CT molecular complexity index is 711. The molecule has 4 heteroatoms. The summed E-state index contributed by atoms with van der Waals surface area (Å²) in [5.74, 6) is 1.90. The Hall–Kier alpha value is -1.55. The van der Waals surface area contributed by atoms with Gasteiger partial charge in [0.15, 0.2) is 0 Å². The highest BCUT2D eigenvalue weighted by atomic mass is 16.5. The Kier molecular flexibility index (Phi) is 4.53. The molecule has 3 fully saturated rings. The molecule has 4 rings (SSSR count). The van der Waals surface area contributed by atoms with Crippen LogP contribution in [-0.4, -0.2) is 23.7 Å². The fourth-order valence-electron chi connectivity index (χ4n) is 6.37. The molecule has 5 atom stereocenters. The minimum Gasteiger partial charge on any atom is -0.508 e. The summed E-state index contributed by atoms with van der Waals surface area (Å²) in [4.78, 5) is 12.7. The van der Waals surface area contributed by atoms with Crippen molar-refractivity contribution < 1.29 is 14.6 Å². The second-order valence-corrected chi connectivity index (χ2v) is 10.0. The fraction of sp³-hybridized carbons (Fsp3) is 0.696. The van der Waals surface area contributed by atoms with Gasteiger partial charge in [-0.3, -0.25) is 4.79 Å². The van der Waals surface area contributed by atoms with Crippen LogP contribution in [0.5, 0.6) is 5.75 Å². The van der Waals surface area contributed by atoms with E-state index in [2.05, 4.69) is 33.0 Å². The Balaban J connectivity index is 1.64. The zero-order chi connectivity index (χ0) is 19.4. The molecular weight excluding hydrogens is 338 g/mol. The highest BCUT2D eigenvalue weighted by Crippen LogP contribution is 2.70. The largest absolute Gasteiger partial charge is 0.508 e. The summed E-state index contributed by atoms with van der Waals surface area (Å²) in [6, 6.07) is 7.69. The third kappa shape index (κ3) is 2.97. The maximum atomic E-state index is 12.7. The van der Waals surface area contributed by atoms with E-state index < -0.39 is 0 Å². The summed E-state index contributed by atoms with van der Waals surface area (Å²) in [6.45, 7) is 9.62. The van der Waals surface area contributed by atoms with Gasteiger partial charge in [-0.15, -0.1) is 0 Å². The molecule has 2 aliphatic carbocycles. The van der Waals surface area contributed by atoms with E-state index in [1.807, 2.05) is 12.1 Å². The molecule has 27 heavy (non-hydrogen) atoms. The van der Waals surface area contributed by atoms with Crippen LogP contribution in [0.15, 0.2) is 24.3 Å². The van der Waals surface area contributed by atoms with Crippen LogP contribution < -0.4 is 5.32 Å². The van der Waals surface area contributed by atoms with Gasteiger partial charge in [-0.1, -0.05) is 39.8 Å². The highest BCUT2D eigenvalue weighted by molar-refractivity contribution is 5.76. The number of rotatable bonds is 4. The number of benzene rings is 1. The van der Waals surface area contributed by atoms with Gasteiger partial charge >= 0.3 is 0 Å². The quantitative estimate of drug-likeness (QED) is 0.823. The molecule has 1 heterocycles. The van der Waals surface area contributed by atoms with Gasteiger partial charge < -0.3 is 15.2 Å². The number of fused-ring (bicyclic) bond motifs is 1. The van der Waals surface area contributed by atoms with Gasteiger partial charge in [0, 0.05) is 19.1 Å². The van der Waals surface area contributed by atoms with Gasteiger partial charge in [-0.05, 0) is 65.5 Å². The number of hydrogen-bond acceptors (Lipinski definition) is 3. The third-order valence-electron chi connectivity index (χ3n) is 7.63. The van der Waals surface area contributed by atoms with Gasteiger partial charge in [0.05, 0.1) is 6.10 Å². The summed E-state index contributed by atoms with van der Waals surface area (Å²) < 4.78 is 6.26. The van der Waals surface area contributed by atoms with Crippen molar-refractivity contribution in [3.63, 3.8) is 0 Å². The number of nitrogens with one attached hydrogen (secondary N) is 1. The first kappa shape index (κ1) is 18.8. The second-order valence-electron chi connectivity index (χ2n) is 10.0. The van der Waals surface area contributed by atoms with Crippen molar-refractivity contribution in [1.82, 2.24) is 5.32 Å². The highest BCUT2D eigenvalue weighted by Gasteiger charge is 2.68. The average molecular weight is 372 g/mol. The van der Waals surface area contributed by atoms with Gasteiger partial charge in [0.25, 0.3) is 0 Å². The van der Waals surface area contributed by atoms with Gasteiger partial charge in [0.1, 0.15) is 5.75 Å². The molecule has 0 unspecified atom stereocenters. The molecule has 1 amide bonds. The van der Waals surface area contributed by atoms with Crippen LogP contribution in [0.25, 0.3) is 0 Å². The van der Waals surface area contributed by atoms with Crippen molar-refractivity contribution in [3.8, 4) is 5.75 Å². The summed E-state index contributed by atoms with van der Waals surface area (Å²) >= 11 is 0. The molecule has 2 bridgehead atoms. The standard InChI is InChI=1S/C23H33NO3/c1-14(2)11-19(26)24-21-22(3,4)16-12-18-20(15-5-7-17(25)8-6-15)27-10-9-23(18,21)13-16/h5-8,14,16,18,20-21,25H,9-13H2,1-4H3,(H,24,26)/t16-,18-,20-,21+,23-/m1/s1. The zero-order valence-corrected chi connectivity index (χ0v) is 17.0. The van der Waals surface area contributed by atoms with Crippen molar-refractivity contribution in [3.05, 3.63) is 29.8 Å². The molecule has 4 nitrogen and oxygen atoms in total. The van der Waals surface area contributed by atoms with Crippen LogP contribution in [0.2, 0.25) is 0 Å². The van der Waals surface area contributed by atoms with Crippen LogP contribution >= 0.6 is 0 Å². The van der Waals surface area contributed by atoms with E-state index in [0.717, 1.165) is 25.0 Å². The molecule has 2 N–H and O–H groups in total. The molecule has 3 aliphatic rings. The predicted molar refractivity (Wildman–Crippen MR) is 105 cm³/mol. The number of aromatic hydroxyl groups is 1.